The van der Waals surface area contributed by atoms with Gasteiger partial charge in [-0.15, -0.1) is 0 Å². The minimum absolute atomic E-state index is 0.0277. The Hall–Kier alpha value is -2.70. The van der Waals surface area contributed by atoms with Gasteiger partial charge in [-0.3, -0.25) is 9.59 Å². The highest BCUT2D eigenvalue weighted by Gasteiger charge is 2.20. The second-order valence-electron chi connectivity index (χ2n) is 6.21. The number of halogens is 1. The van der Waals surface area contributed by atoms with E-state index in [1.54, 1.807) is 18.3 Å². The smallest absolute Gasteiger partial charge is 0.226 e. The summed E-state index contributed by atoms with van der Waals surface area (Å²) < 4.78 is 14.9. The number of nitrogens with one attached hydrogen (secondary N) is 2. The molecule has 0 saturated heterocycles. The molecule has 1 saturated carbocycles. The van der Waals surface area contributed by atoms with Gasteiger partial charge in [0.05, 0.1) is 12.2 Å². The van der Waals surface area contributed by atoms with Crippen molar-refractivity contribution in [2.75, 3.05) is 10.6 Å². The Labute approximate surface area is 145 Å². The summed E-state index contributed by atoms with van der Waals surface area (Å²) in [5.41, 5.74) is 0.379. The molecule has 0 spiro atoms. The number of amides is 2. The molecule has 7 heteroatoms. The van der Waals surface area contributed by atoms with Crippen LogP contribution in [0.1, 0.15) is 44.6 Å². The number of anilines is 2. The Balaban J connectivity index is 1.48. The number of benzene rings is 1. The van der Waals surface area contributed by atoms with Crippen LogP contribution < -0.4 is 10.6 Å². The summed E-state index contributed by atoms with van der Waals surface area (Å²) >= 11 is 0. The lowest BCUT2D eigenvalue weighted by Crippen LogP contribution is -2.20. The minimum Gasteiger partial charge on any atom is -0.326 e. The van der Waals surface area contributed by atoms with E-state index in [-0.39, 0.29) is 24.7 Å². The first-order chi connectivity index (χ1) is 12.1. The fraction of sp³-hybridized carbons (Fsp3) is 0.389. The molecule has 1 aromatic carbocycles. The highest BCUT2D eigenvalue weighted by atomic mass is 19.1. The Morgan fingerprint density at radius 2 is 1.84 bits per heavy atom. The molecule has 1 aromatic heterocycles. The molecular weight excluding hydrogens is 323 g/mol. The van der Waals surface area contributed by atoms with Crippen LogP contribution in [0.4, 0.5) is 15.9 Å². The number of nitrogens with zero attached hydrogens (tertiary/aromatic N) is 2. The topological polar surface area (TPSA) is 76.0 Å². The maximum Gasteiger partial charge on any atom is 0.226 e. The molecule has 132 valence electrons. The van der Waals surface area contributed by atoms with Crippen molar-refractivity contribution in [1.29, 1.82) is 0 Å². The predicted octanol–water partition coefficient (Wildman–Crippen LogP) is 3.49. The third-order valence-corrected chi connectivity index (χ3v) is 4.30. The molecule has 0 aliphatic heterocycles. The van der Waals surface area contributed by atoms with Crippen LogP contribution in [-0.2, 0) is 9.59 Å². The highest BCUT2D eigenvalue weighted by Crippen LogP contribution is 2.31. The number of carbonyl (C=O) groups excluding carboxylic acids is 2. The molecule has 1 aliphatic rings. The molecule has 1 aliphatic carbocycles. The van der Waals surface area contributed by atoms with Crippen LogP contribution in [0.3, 0.4) is 0 Å². The SMILES string of the molecule is O=C(CCC(=O)Nc1ccnn1C1CCCC1)Nc1cccc(F)c1. The molecule has 1 fully saturated rings. The third-order valence-electron chi connectivity index (χ3n) is 4.30. The Morgan fingerprint density at radius 3 is 2.56 bits per heavy atom. The number of rotatable bonds is 6. The average Bonchev–Trinajstić information content (AvgIpc) is 3.24. The molecule has 25 heavy (non-hydrogen) atoms. The van der Waals surface area contributed by atoms with Gasteiger partial charge >= 0.3 is 0 Å². The Kier molecular flexibility index (Phi) is 5.42. The molecule has 3 rings (SSSR count). The number of hydrogen-bond donors (Lipinski definition) is 2. The normalized spacial score (nSPS) is 14.4. The van der Waals surface area contributed by atoms with E-state index in [0.717, 1.165) is 12.8 Å². The second-order valence-corrected chi connectivity index (χ2v) is 6.21. The summed E-state index contributed by atoms with van der Waals surface area (Å²) in [5.74, 6) is -0.322. The molecule has 2 amide bonds. The van der Waals surface area contributed by atoms with Gasteiger partial charge < -0.3 is 10.6 Å². The molecular formula is C18H21FN4O2. The average molecular weight is 344 g/mol. The predicted molar refractivity (Wildman–Crippen MR) is 92.6 cm³/mol. The van der Waals surface area contributed by atoms with Gasteiger partial charge in [0.15, 0.2) is 0 Å². The zero-order valence-corrected chi connectivity index (χ0v) is 13.9. The lowest BCUT2D eigenvalue weighted by atomic mass is 10.2. The summed E-state index contributed by atoms with van der Waals surface area (Å²) in [7, 11) is 0. The van der Waals surface area contributed by atoms with Crippen molar-refractivity contribution >= 4 is 23.3 Å². The Bertz CT molecular complexity index is 753. The molecule has 0 bridgehead atoms. The van der Waals surface area contributed by atoms with E-state index in [9.17, 15) is 14.0 Å². The van der Waals surface area contributed by atoms with E-state index in [2.05, 4.69) is 15.7 Å². The summed E-state index contributed by atoms with van der Waals surface area (Å²) in [6.45, 7) is 0. The molecule has 2 N–H and O–H groups in total. The van der Waals surface area contributed by atoms with Crippen LogP contribution in [0.2, 0.25) is 0 Å². The fourth-order valence-corrected chi connectivity index (χ4v) is 3.08. The quantitative estimate of drug-likeness (QED) is 0.842. The van der Waals surface area contributed by atoms with E-state index in [4.69, 9.17) is 0 Å². The first kappa shape index (κ1) is 17.1. The molecule has 0 atom stereocenters. The monoisotopic (exact) mass is 344 g/mol. The molecule has 6 nitrogen and oxygen atoms in total. The second kappa shape index (κ2) is 7.92. The van der Waals surface area contributed by atoms with E-state index >= 15 is 0 Å². The van der Waals surface area contributed by atoms with E-state index in [0.29, 0.717) is 17.5 Å². The van der Waals surface area contributed by atoms with Gasteiger partial charge in [0.1, 0.15) is 11.6 Å². The van der Waals surface area contributed by atoms with Gasteiger partial charge in [0, 0.05) is 24.6 Å². The van der Waals surface area contributed by atoms with Gasteiger partial charge in [-0.2, -0.15) is 5.10 Å². The van der Waals surface area contributed by atoms with E-state index < -0.39 is 5.82 Å². The first-order valence-corrected chi connectivity index (χ1v) is 8.50. The Morgan fingerprint density at radius 1 is 1.12 bits per heavy atom. The molecule has 2 aromatic rings. The van der Waals surface area contributed by atoms with Crippen LogP contribution >= 0.6 is 0 Å². The lowest BCUT2D eigenvalue weighted by molar-refractivity contribution is -0.121. The lowest BCUT2D eigenvalue weighted by Gasteiger charge is -2.14. The van der Waals surface area contributed by atoms with Crippen LogP contribution in [0, 0.1) is 5.82 Å². The standard InChI is InChI=1S/C18H21FN4O2/c19-13-4-3-5-14(12-13)21-17(24)8-9-18(25)22-16-10-11-20-23(16)15-6-1-2-7-15/h3-5,10-12,15H,1-2,6-9H2,(H,21,24)(H,22,25). The molecule has 0 unspecified atom stereocenters. The van der Waals surface area contributed by atoms with E-state index in [1.165, 1.54) is 31.0 Å². The highest BCUT2D eigenvalue weighted by molar-refractivity contribution is 5.96. The van der Waals surface area contributed by atoms with Gasteiger partial charge in [-0.1, -0.05) is 18.9 Å². The van der Waals surface area contributed by atoms with Gasteiger partial charge in [-0.05, 0) is 31.0 Å². The molecule has 1 heterocycles. The largest absolute Gasteiger partial charge is 0.326 e. The van der Waals surface area contributed by atoms with Crippen molar-refractivity contribution in [1.82, 2.24) is 9.78 Å². The number of carbonyl (C=O) groups is 2. The van der Waals surface area contributed by atoms with Crippen LogP contribution in [0.5, 0.6) is 0 Å². The number of aromatic nitrogens is 2. The zero-order valence-electron chi connectivity index (χ0n) is 13.9. The van der Waals surface area contributed by atoms with Crippen LogP contribution in [0.15, 0.2) is 36.5 Å². The van der Waals surface area contributed by atoms with Crippen LogP contribution in [-0.4, -0.2) is 21.6 Å². The zero-order chi connectivity index (χ0) is 17.6. The molecule has 0 radical (unpaired) electrons. The first-order valence-electron chi connectivity index (χ1n) is 8.50. The summed E-state index contributed by atoms with van der Waals surface area (Å²) in [5, 5.41) is 9.69. The van der Waals surface area contributed by atoms with Crippen molar-refractivity contribution in [3.05, 3.63) is 42.3 Å². The van der Waals surface area contributed by atoms with Crippen molar-refractivity contribution in [3.63, 3.8) is 0 Å². The van der Waals surface area contributed by atoms with Crippen LogP contribution in [0.25, 0.3) is 0 Å². The van der Waals surface area contributed by atoms with Gasteiger partial charge in [-0.25, -0.2) is 9.07 Å². The summed E-state index contributed by atoms with van der Waals surface area (Å²) in [6, 6.07) is 7.75. The van der Waals surface area contributed by atoms with Crippen molar-refractivity contribution < 1.29 is 14.0 Å². The van der Waals surface area contributed by atoms with Crippen molar-refractivity contribution in [2.45, 2.75) is 44.6 Å². The van der Waals surface area contributed by atoms with Crippen molar-refractivity contribution in [2.24, 2.45) is 0 Å². The minimum atomic E-state index is -0.421. The maximum absolute atomic E-state index is 13.1. The fourth-order valence-electron chi connectivity index (χ4n) is 3.08. The summed E-state index contributed by atoms with van der Waals surface area (Å²) in [6.07, 6.45) is 6.25. The van der Waals surface area contributed by atoms with Gasteiger partial charge in [0.25, 0.3) is 0 Å². The van der Waals surface area contributed by atoms with Gasteiger partial charge in [0.2, 0.25) is 11.8 Å². The maximum atomic E-state index is 13.1. The third kappa shape index (κ3) is 4.65. The summed E-state index contributed by atoms with van der Waals surface area (Å²) in [4.78, 5) is 24.0. The van der Waals surface area contributed by atoms with E-state index in [1.807, 2.05) is 4.68 Å². The van der Waals surface area contributed by atoms with Crippen molar-refractivity contribution in [3.8, 4) is 0 Å². The number of hydrogen-bond acceptors (Lipinski definition) is 3.